The molecule has 0 atom stereocenters. The predicted octanol–water partition coefficient (Wildman–Crippen LogP) is -0.301. The first kappa shape index (κ1) is 10.9. The van der Waals surface area contributed by atoms with Crippen molar-refractivity contribution in [1.82, 2.24) is 0 Å². The van der Waals surface area contributed by atoms with Gasteiger partial charge in [0.1, 0.15) is 9.84 Å². The largest absolute Gasteiger partial charge is 0.286 e. The summed E-state index contributed by atoms with van der Waals surface area (Å²) < 4.78 is 51.4. The minimum Gasteiger partial charge on any atom is -0.286 e. The molecule has 1 aliphatic rings. The number of sulfone groups is 1. The van der Waals surface area contributed by atoms with E-state index >= 15 is 0 Å². The van der Waals surface area contributed by atoms with Crippen LogP contribution in [0.25, 0.3) is 0 Å². The summed E-state index contributed by atoms with van der Waals surface area (Å²) in [6, 6.07) is 0. The zero-order chi connectivity index (χ0) is 10.1. The minimum atomic E-state index is -3.96. The molecule has 1 saturated heterocycles. The van der Waals surface area contributed by atoms with E-state index in [1.165, 1.54) is 0 Å². The summed E-state index contributed by atoms with van der Waals surface area (Å²) in [5.74, 6) is -0.457. The highest BCUT2D eigenvalue weighted by Crippen LogP contribution is 2.19. The summed E-state index contributed by atoms with van der Waals surface area (Å²) >= 11 is 0. The van der Waals surface area contributed by atoms with Gasteiger partial charge in [-0.25, -0.2) is 8.42 Å². The van der Waals surface area contributed by atoms with E-state index < -0.39 is 20.0 Å². The molecule has 0 saturated carbocycles. The molecule has 0 aliphatic carbocycles. The normalized spacial score (nSPS) is 24.4. The third kappa shape index (κ3) is 4.06. The Hall–Kier alpha value is -0.140. The molecule has 0 aromatic carbocycles. The van der Waals surface area contributed by atoms with E-state index in [9.17, 15) is 16.8 Å². The molecule has 0 bridgehead atoms. The van der Waals surface area contributed by atoms with Crippen LogP contribution in [0, 0.1) is 5.92 Å². The third-order valence-electron chi connectivity index (χ3n) is 2.12. The van der Waals surface area contributed by atoms with Crippen LogP contribution in [0.15, 0.2) is 0 Å². The van der Waals surface area contributed by atoms with Crippen LogP contribution in [0.2, 0.25) is 0 Å². The highest BCUT2D eigenvalue weighted by Gasteiger charge is 2.26. The molecule has 1 rings (SSSR count). The summed E-state index contributed by atoms with van der Waals surface area (Å²) in [5.41, 5.74) is 0. The summed E-state index contributed by atoms with van der Waals surface area (Å²) in [7, 11) is -6.90. The van der Waals surface area contributed by atoms with E-state index in [1.54, 1.807) is 0 Å². The number of hydrogen-bond acceptors (Lipinski definition) is 4. The monoisotopic (exact) mass is 228 g/mol. The van der Waals surface area contributed by atoms with Gasteiger partial charge in [0, 0.05) is 0 Å². The molecule has 78 valence electrons. The highest BCUT2D eigenvalue weighted by molar-refractivity contribution is 7.91. The lowest BCUT2D eigenvalue weighted by Gasteiger charge is -2.20. The summed E-state index contributed by atoms with van der Waals surface area (Å²) in [5, 5.41) is 0. The lowest BCUT2D eigenvalue weighted by Crippen LogP contribution is -2.27. The maximum absolute atomic E-state index is 10.9. The molecule has 1 heterocycles. The first-order valence-electron chi connectivity index (χ1n) is 3.94. The second-order valence-electron chi connectivity index (χ2n) is 3.34. The fourth-order valence-corrected chi connectivity index (χ4v) is 3.92. The SMILES string of the molecule is O=S(=O)(O)CC1CCS(=O)(=O)CC1. The Morgan fingerprint density at radius 3 is 2.08 bits per heavy atom. The van der Waals surface area contributed by atoms with Crippen LogP contribution >= 0.6 is 0 Å². The summed E-state index contributed by atoms with van der Waals surface area (Å²) in [6.07, 6.45) is 0.671. The average Bonchev–Trinajstić information content (AvgIpc) is 1.91. The van der Waals surface area contributed by atoms with Crippen molar-refractivity contribution in [2.75, 3.05) is 17.3 Å². The van der Waals surface area contributed by atoms with Crippen molar-refractivity contribution in [3.63, 3.8) is 0 Å². The van der Waals surface area contributed by atoms with Gasteiger partial charge in [0.05, 0.1) is 17.3 Å². The molecule has 0 amide bonds. The molecule has 0 aromatic heterocycles. The van der Waals surface area contributed by atoms with E-state index in [4.69, 9.17) is 4.55 Å². The van der Waals surface area contributed by atoms with Crippen molar-refractivity contribution in [2.45, 2.75) is 12.8 Å². The highest BCUT2D eigenvalue weighted by atomic mass is 32.2. The molecule has 0 radical (unpaired) electrons. The summed E-state index contributed by atoms with van der Waals surface area (Å²) in [4.78, 5) is 0. The Balaban J connectivity index is 2.52. The molecule has 13 heavy (non-hydrogen) atoms. The van der Waals surface area contributed by atoms with Gasteiger partial charge in [-0.15, -0.1) is 0 Å². The molecule has 0 spiro atoms. The lowest BCUT2D eigenvalue weighted by atomic mass is 10.1. The Morgan fingerprint density at radius 1 is 1.23 bits per heavy atom. The van der Waals surface area contributed by atoms with Crippen molar-refractivity contribution < 1.29 is 21.4 Å². The van der Waals surface area contributed by atoms with Crippen LogP contribution in [-0.4, -0.2) is 38.6 Å². The van der Waals surface area contributed by atoms with Gasteiger partial charge in [0.2, 0.25) is 0 Å². The van der Waals surface area contributed by atoms with Crippen molar-refractivity contribution in [3.8, 4) is 0 Å². The first-order chi connectivity index (χ1) is 5.79. The average molecular weight is 228 g/mol. The van der Waals surface area contributed by atoms with Crippen molar-refractivity contribution >= 4 is 20.0 Å². The Morgan fingerprint density at radius 2 is 1.69 bits per heavy atom. The van der Waals surface area contributed by atoms with Gasteiger partial charge in [-0.05, 0) is 18.8 Å². The molecule has 0 aromatic rings. The topological polar surface area (TPSA) is 88.5 Å². The summed E-state index contributed by atoms with van der Waals surface area (Å²) in [6.45, 7) is 0. The zero-order valence-electron chi connectivity index (χ0n) is 7.01. The van der Waals surface area contributed by atoms with Crippen molar-refractivity contribution in [3.05, 3.63) is 0 Å². The van der Waals surface area contributed by atoms with Crippen LogP contribution in [0.5, 0.6) is 0 Å². The van der Waals surface area contributed by atoms with E-state index in [0.717, 1.165) is 0 Å². The Labute approximate surface area is 77.8 Å². The first-order valence-corrected chi connectivity index (χ1v) is 7.37. The van der Waals surface area contributed by atoms with Gasteiger partial charge in [0.25, 0.3) is 10.1 Å². The maximum atomic E-state index is 10.9. The van der Waals surface area contributed by atoms with Crippen molar-refractivity contribution in [2.24, 2.45) is 5.92 Å². The molecular weight excluding hydrogens is 216 g/mol. The van der Waals surface area contributed by atoms with Gasteiger partial charge in [-0.2, -0.15) is 8.42 Å². The molecular formula is C6H12O5S2. The zero-order valence-corrected chi connectivity index (χ0v) is 8.64. The van der Waals surface area contributed by atoms with Crippen LogP contribution < -0.4 is 0 Å². The van der Waals surface area contributed by atoms with Crippen LogP contribution in [0.1, 0.15) is 12.8 Å². The molecule has 1 fully saturated rings. The predicted molar refractivity (Wildman–Crippen MR) is 47.8 cm³/mol. The van der Waals surface area contributed by atoms with Gasteiger partial charge in [-0.1, -0.05) is 0 Å². The molecule has 1 aliphatic heterocycles. The van der Waals surface area contributed by atoms with Crippen LogP contribution in [0.3, 0.4) is 0 Å². The van der Waals surface area contributed by atoms with Gasteiger partial charge >= 0.3 is 0 Å². The second-order valence-corrected chi connectivity index (χ2v) is 7.14. The number of hydrogen-bond donors (Lipinski definition) is 1. The fourth-order valence-electron chi connectivity index (χ4n) is 1.40. The van der Waals surface area contributed by atoms with Crippen molar-refractivity contribution in [1.29, 1.82) is 0 Å². The van der Waals surface area contributed by atoms with E-state index in [2.05, 4.69) is 0 Å². The molecule has 0 unspecified atom stereocenters. The molecule has 5 nitrogen and oxygen atoms in total. The third-order valence-corrected chi connectivity index (χ3v) is 4.73. The van der Waals surface area contributed by atoms with E-state index in [-0.39, 0.29) is 23.2 Å². The van der Waals surface area contributed by atoms with Crippen LogP contribution in [-0.2, 0) is 20.0 Å². The quantitative estimate of drug-likeness (QED) is 0.655. The standard InChI is InChI=1S/C6H12O5S2/c7-12(8)3-1-6(2-4-12)5-13(9,10)11/h6H,1-5H2,(H,9,10,11). The van der Waals surface area contributed by atoms with Gasteiger partial charge in [-0.3, -0.25) is 4.55 Å². The number of rotatable bonds is 2. The second kappa shape index (κ2) is 3.55. The molecule has 7 heteroatoms. The molecule has 1 N–H and O–H groups in total. The van der Waals surface area contributed by atoms with Gasteiger partial charge in [0.15, 0.2) is 0 Å². The lowest BCUT2D eigenvalue weighted by molar-refractivity contribution is 0.446. The minimum absolute atomic E-state index is 0.0349. The maximum Gasteiger partial charge on any atom is 0.265 e. The Kier molecular flexibility index (Phi) is 2.98. The van der Waals surface area contributed by atoms with E-state index in [1.807, 2.05) is 0 Å². The smallest absolute Gasteiger partial charge is 0.265 e. The Bertz CT molecular complexity index is 352. The fraction of sp³-hybridized carbons (Fsp3) is 1.00. The van der Waals surface area contributed by atoms with Gasteiger partial charge < -0.3 is 0 Å². The van der Waals surface area contributed by atoms with Crippen LogP contribution in [0.4, 0.5) is 0 Å². The van der Waals surface area contributed by atoms with E-state index in [0.29, 0.717) is 12.8 Å².